The zero-order valence-electron chi connectivity index (χ0n) is 50.0. The number of phosphoric ester groups is 2. The molecule has 0 amide bonds. The first-order chi connectivity index (χ1) is 37.4. The van der Waals surface area contributed by atoms with Crippen molar-refractivity contribution in [2.45, 2.75) is 304 Å². The fraction of sp³-hybridized carbons (Fsp3) is 0.932. The third-order valence-electron chi connectivity index (χ3n) is 13.5. The zero-order chi connectivity index (χ0) is 58.0. The van der Waals surface area contributed by atoms with Gasteiger partial charge in [0.1, 0.15) is 19.3 Å². The minimum atomic E-state index is -4.94. The van der Waals surface area contributed by atoms with Crippen LogP contribution in [0.3, 0.4) is 0 Å². The Morgan fingerprint density at radius 1 is 0.346 bits per heavy atom. The summed E-state index contributed by atoms with van der Waals surface area (Å²) < 4.78 is 67.6. The molecule has 0 spiro atoms. The summed E-state index contributed by atoms with van der Waals surface area (Å²) in [7, 11) is -9.87. The van der Waals surface area contributed by atoms with E-state index in [1.54, 1.807) is 0 Å². The van der Waals surface area contributed by atoms with Crippen LogP contribution >= 0.6 is 15.6 Å². The maximum atomic E-state index is 12.9. The van der Waals surface area contributed by atoms with Gasteiger partial charge in [0.05, 0.1) is 26.4 Å². The van der Waals surface area contributed by atoms with E-state index < -0.39 is 97.5 Å². The number of rotatable bonds is 58. The predicted octanol–water partition coefficient (Wildman–Crippen LogP) is 15.7. The topological polar surface area (TPSA) is 237 Å². The SMILES string of the molecule is CCCCCCCCCCC(=O)O[C@H](COC(=O)CCCCCCCCC)COP(=O)(O)OC[C@H](O)COP(=O)(O)OC[C@@H](COC(=O)CCCCCCCCC(C)C)OC(=O)CCCCCCCCCCCCCC(C)C. The molecule has 78 heavy (non-hydrogen) atoms. The largest absolute Gasteiger partial charge is 0.472 e. The van der Waals surface area contributed by atoms with Crippen LogP contribution in [0.2, 0.25) is 0 Å². The second-order valence-corrected chi connectivity index (χ2v) is 25.2. The van der Waals surface area contributed by atoms with Crippen molar-refractivity contribution < 1.29 is 80.2 Å². The Balaban J connectivity index is 5.19. The quantitative estimate of drug-likeness (QED) is 0.0222. The van der Waals surface area contributed by atoms with Crippen molar-refractivity contribution in [2.75, 3.05) is 39.6 Å². The Labute approximate surface area is 473 Å². The van der Waals surface area contributed by atoms with E-state index in [-0.39, 0.29) is 25.7 Å². The third-order valence-corrected chi connectivity index (χ3v) is 15.4. The molecule has 0 bridgehead atoms. The van der Waals surface area contributed by atoms with Crippen LogP contribution in [0.15, 0.2) is 0 Å². The first kappa shape index (κ1) is 76.1. The highest BCUT2D eigenvalue weighted by atomic mass is 31.2. The highest BCUT2D eigenvalue weighted by Gasteiger charge is 2.30. The predicted molar refractivity (Wildman–Crippen MR) is 308 cm³/mol. The molecule has 19 heteroatoms. The molecule has 0 fully saturated rings. The average molecular weight is 1160 g/mol. The summed E-state index contributed by atoms with van der Waals surface area (Å²) in [5.74, 6) is -0.705. The van der Waals surface area contributed by atoms with Crippen LogP contribution in [-0.4, -0.2) is 96.7 Å². The van der Waals surface area contributed by atoms with Gasteiger partial charge in [-0.1, -0.05) is 234 Å². The van der Waals surface area contributed by atoms with Gasteiger partial charge >= 0.3 is 39.5 Å². The lowest BCUT2D eigenvalue weighted by atomic mass is 10.0. The van der Waals surface area contributed by atoms with Crippen molar-refractivity contribution in [3.8, 4) is 0 Å². The van der Waals surface area contributed by atoms with Crippen LogP contribution in [0, 0.1) is 11.8 Å². The van der Waals surface area contributed by atoms with E-state index in [1.807, 2.05) is 0 Å². The summed E-state index contributed by atoms with van der Waals surface area (Å²) in [6.07, 6.45) is 32.4. The van der Waals surface area contributed by atoms with Gasteiger partial charge in [-0.15, -0.1) is 0 Å². The smallest absolute Gasteiger partial charge is 0.462 e. The molecule has 0 aliphatic heterocycles. The third kappa shape index (κ3) is 53.4. The van der Waals surface area contributed by atoms with Gasteiger partial charge in [-0.05, 0) is 37.5 Å². The normalized spacial score (nSPS) is 14.4. The molecule has 0 aromatic heterocycles. The lowest BCUT2D eigenvalue weighted by Gasteiger charge is -2.21. The van der Waals surface area contributed by atoms with Gasteiger partial charge in [0.2, 0.25) is 0 Å². The monoisotopic (exact) mass is 1160 g/mol. The molecule has 0 aliphatic carbocycles. The van der Waals surface area contributed by atoms with E-state index in [1.165, 1.54) is 77.0 Å². The summed E-state index contributed by atoms with van der Waals surface area (Å²) in [5.41, 5.74) is 0. The first-order valence-electron chi connectivity index (χ1n) is 31.0. The van der Waals surface area contributed by atoms with Gasteiger partial charge in [0.15, 0.2) is 12.2 Å². The molecule has 0 radical (unpaired) electrons. The fourth-order valence-corrected chi connectivity index (χ4v) is 10.2. The van der Waals surface area contributed by atoms with Crippen molar-refractivity contribution in [3.63, 3.8) is 0 Å². The number of carbonyl (C=O) groups is 4. The van der Waals surface area contributed by atoms with Crippen LogP contribution < -0.4 is 0 Å². The molecule has 0 aliphatic rings. The Hall–Kier alpha value is -1.94. The molecule has 0 saturated heterocycles. The van der Waals surface area contributed by atoms with Gasteiger partial charge in [-0.2, -0.15) is 0 Å². The molecular weight excluding hydrogens is 1040 g/mol. The van der Waals surface area contributed by atoms with Crippen LogP contribution in [-0.2, 0) is 65.4 Å². The number of hydrogen-bond donors (Lipinski definition) is 3. The van der Waals surface area contributed by atoms with Crippen molar-refractivity contribution >= 4 is 39.5 Å². The van der Waals surface area contributed by atoms with E-state index in [4.69, 9.17) is 37.0 Å². The Bertz CT molecular complexity index is 1550. The molecule has 462 valence electrons. The van der Waals surface area contributed by atoms with Crippen molar-refractivity contribution in [1.82, 2.24) is 0 Å². The Kier molecular flexibility index (Phi) is 50.6. The fourth-order valence-electron chi connectivity index (χ4n) is 8.65. The standard InChI is InChI=1S/C59H114O17P2/c1-7-9-11-13-15-23-31-37-43-58(63)75-54(47-69-56(61)41-35-29-21-14-12-10-8-2)49-73-77(65,66)71-45-53(60)46-72-78(67,68)74-50-55(48-70-57(62)42-36-30-26-25-28-34-40-52(5)6)76-59(64)44-38-32-24-20-18-16-17-19-22-27-33-39-51(3)4/h51-55,60H,7-50H2,1-6H3,(H,65,66)(H,67,68)/t53-,54+,55+/m0/s1. The molecule has 0 aromatic carbocycles. The molecule has 0 heterocycles. The van der Waals surface area contributed by atoms with Gasteiger partial charge in [-0.3, -0.25) is 37.3 Å². The van der Waals surface area contributed by atoms with Crippen LogP contribution in [0.5, 0.6) is 0 Å². The molecular formula is C59H114O17P2. The zero-order valence-corrected chi connectivity index (χ0v) is 51.7. The lowest BCUT2D eigenvalue weighted by Crippen LogP contribution is -2.30. The number of carbonyl (C=O) groups excluding carboxylic acids is 4. The highest BCUT2D eigenvalue weighted by Crippen LogP contribution is 2.45. The summed E-state index contributed by atoms with van der Waals surface area (Å²) in [6.45, 7) is 9.30. The number of aliphatic hydroxyl groups excluding tert-OH is 1. The minimum Gasteiger partial charge on any atom is -0.462 e. The molecule has 3 N–H and O–H groups in total. The van der Waals surface area contributed by atoms with E-state index in [0.717, 1.165) is 121 Å². The Morgan fingerprint density at radius 3 is 0.872 bits per heavy atom. The minimum absolute atomic E-state index is 0.104. The Morgan fingerprint density at radius 2 is 0.590 bits per heavy atom. The van der Waals surface area contributed by atoms with E-state index in [0.29, 0.717) is 31.6 Å². The number of phosphoric acid groups is 2. The second kappa shape index (κ2) is 51.9. The van der Waals surface area contributed by atoms with Gasteiger partial charge in [-0.25, -0.2) is 9.13 Å². The van der Waals surface area contributed by atoms with Crippen molar-refractivity contribution in [2.24, 2.45) is 11.8 Å². The van der Waals surface area contributed by atoms with Gasteiger partial charge in [0, 0.05) is 25.7 Å². The number of ether oxygens (including phenoxy) is 4. The van der Waals surface area contributed by atoms with Gasteiger partial charge in [0.25, 0.3) is 0 Å². The second-order valence-electron chi connectivity index (χ2n) is 22.3. The van der Waals surface area contributed by atoms with Crippen LogP contribution in [0.4, 0.5) is 0 Å². The summed E-state index contributed by atoms with van der Waals surface area (Å²) in [5, 5.41) is 10.5. The van der Waals surface area contributed by atoms with E-state index in [9.17, 15) is 43.2 Å². The van der Waals surface area contributed by atoms with Crippen molar-refractivity contribution in [3.05, 3.63) is 0 Å². The molecule has 0 rings (SSSR count). The molecule has 0 saturated carbocycles. The summed E-state index contributed by atoms with van der Waals surface area (Å²) in [6, 6.07) is 0. The van der Waals surface area contributed by atoms with Crippen LogP contribution in [0.1, 0.15) is 286 Å². The molecule has 2 unspecified atom stereocenters. The molecule has 5 atom stereocenters. The lowest BCUT2D eigenvalue weighted by molar-refractivity contribution is -0.161. The highest BCUT2D eigenvalue weighted by molar-refractivity contribution is 7.47. The van der Waals surface area contributed by atoms with E-state index in [2.05, 4.69) is 41.5 Å². The molecule has 17 nitrogen and oxygen atoms in total. The van der Waals surface area contributed by atoms with Crippen molar-refractivity contribution in [1.29, 1.82) is 0 Å². The first-order valence-corrected chi connectivity index (χ1v) is 34.0. The molecule has 0 aromatic rings. The number of esters is 4. The number of unbranched alkanes of at least 4 members (excludes halogenated alkanes) is 28. The number of hydrogen-bond acceptors (Lipinski definition) is 15. The van der Waals surface area contributed by atoms with E-state index >= 15 is 0 Å². The summed E-state index contributed by atoms with van der Waals surface area (Å²) >= 11 is 0. The average Bonchev–Trinajstić information content (AvgIpc) is 3.39. The van der Waals surface area contributed by atoms with Crippen LogP contribution in [0.25, 0.3) is 0 Å². The summed E-state index contributed by atoms with van der Waals surface area (Å²) in [4.78, 5) is 71.7. The number of aliphatic hydroxyl groups is 1. The maximum absolute atomic E-state index is 12.9. The van der Waals surface area contributed by atoms with Gasteiger partial charge < -0.3 is 33.8 Å². The maximum Gasteiger partial charge on any atom is 0.472 e.